The van der Waals surface area contributed by atoms with Crippen molar-refractivity contribution in [3.8, 4) is 0 Å². The Hall–Kier alpha value is -0.160. The minimum atomic E-state index is 0.441. The lowest BCUT2D eigenvalue weighted by atomic mass is 10.1. The first-order valence-corrected chi connectivity index (χ1v) is 7.82. The van der Waals surface area contributed by atoms with Crippen molar-refractivity contribution >= 4 is 0 Å². The Kier molecular flexibility index (Phi) is 7.91. The van der Waals surface area contributed by atoms with Gasteiger partial charge in [-0.15, -0.1) is 0 Å². The molecule has 0 amide bonds. The average Bonchev–Trinajstić information content (AvgIpc) is 2.34. The first kappa shape index (κ1) is 16.9. The number of nitrogens with zero attached hydrogens (tertiary/aromatic N) is 3. The predicted molar refractivity (Wildman–Crippen MR) is 83.5 cm³/mol. The van der Waals surface area contributed by atoms with Crippen LogP contribution in [0.1, 0.15) is 26.7 Å². The lowest BCUT2D eigenvalue weighted by Crippen LogP contribution is -2.44. The number of hydrogen-bond acceptors (Lipinski definition) is 4. The molecule has 1 fully saturated rings. The lowest BCUT2D eigenvalue weighted by Gasteiger charge is -2.33. The third-order valence-corrected chi connectivity index (χ3v) is 3.85. The number of likely N-dealkylation sites (tertiary alicyclic amines) is 1. The van der Waals surface area contributed by atoms with E-state index >= 15 is 0 Å². The molecule has 4 heteroatoms. The van der Waals surface area contributed by atoms with Crippen molar-refractivity contribution in [3.63, 3.8) is 0 Å². The molecule has 0 radical (unpaired) electrons. The topological polar surface area (TPSA) is 35.7 Å². The summed E-state index contributed by atoms with van der Waals surface area (Å²) in [4.78, 5) is 7.46. The van der Waals surface area contributed by atoms with Crippen LogP contribution in [-0.2, 0) is 0 Å². The van der Waals surface area contributed by atoms with Crippen molar-refractivity contribution in [3.05, 3.63) is 0 Å². The quantitative estimate of drug-likeness (QED) is 0.712. The van der Waals surface area contributed by atoms with Gasteiger partial charge in [0.05, 0.1) is 0 Å². The average molecular weight is 270 g/mol. The summed E-state index contributed by atoms with van der Waals surface area (Å²) in [6.07, 6.45) is 2.34. The molecule has 1 rings (SSSR count). The Morgan fingerprint density at radius 1 is 1.11 bits per heavy atom. The summed E-state index contributed by atoms with van der Waals surface area (Å²) in [5.41, 5.74) is 5.96. The molecular formula is C15H34N4. The van der Waals surface area contributed by atoms with E-state index < -0.39 is 0 Å². The summed E-state index contributed by atoms with van der Waals surface area (Å²) in [6.45, 7) is 12.9. The van der Waals surface area contributed by atoms with Crippen LogP contribution in [-0.4, -0.2) is 80.7 Å². The van der Waals surface area contributed by atoms with E-state index in [1.54, 1.807) is 0 Å². The summed E-state index contributed by atoms with van der Waals surface area (Å²) < 4.78 is 0. The smallest absolute Gasteiger partial charge is 0.0110 e. The highest BCUT2D eigenvalue weighted by molar-refractivity contribution is 4.75. The van der Waals surface area contributed by atoms with Crippen LogP contribution in [0.2, 0.25) is 0 Å². The third kappa shape index (κ3) is 7.88. The zero-order chi connectivity index (χ0) is 14.3. The summed E-state index contributed by atoms with van der Waals surface area (Å²) >= 11 is 0. The van der Waals surface area contributed by atoms with Crippen LogP contribution >= 0.6 is 0 Å². The maximum atomic E-state index is 5.96. The Labute approximate surface area is 119 Å². The molecule has 0 spiro atoms. The molecule has 19 heavy (non-hydrogen) atoms. The van der Waals surface area contributed by atoms with E-state index in [1.807, 2.05) is 0 Å². The van der Waals surface area contributed by atoms with Gasteiger partial charge in [-0.2, -0.15) is 0 Å². The normalized spacial score (nSPS) is 18.9. The van der Waals surface area contributed by atoms with E-state index in [0.29, 0.717) is 6.04 Å². The van der Waals surface area contributed by atoms with Gasteiger partial charge in [0, 0.05) is 38.8 Å². The number of piperidine rings is 1. The SMILES string of the molecule is CC(C)CN(CCN(C)C)CCN1CCC(N)CC1. The van der Waals surface area contributed by atoms with Crippen LogP contribution < -0.4 is 5.73 Å². The fourth-order valence-corrected chi connectivity index (χ4v) is 2.61. The second-order valence-corrected chi connectivity index (χ2v) is 6.68. The second kappa shape index (κ2) is 8.90. The molecule has 0 saturated carbocycles. The van der Waals surface area contributed by atoms with E-state index in [9.17, 15) is 0 Å². The van der Waals surface area contributed by atoms with Gasteiger partial charge in [-0.05, 0) is 45.9 Å². The Bertz CT molecular complexity index is 222. The molecular weight excluding hydrogens is 236 g/mol. The van der Waals surface area contributed by atoms with Gasteiger partial charge >= 0.3 is 0 Å². The molecule has 1 aliphatic rings. The monoisotopic (exact) mass is 270 g/mol. The molecule has 0 atom stereocenters. The van der Waals surface area contributed by atoms with Gasteiger partial charge in [0.1, 0.15) is 0 Å². The minimum Gasteiger partial charge on any atom is -0.328 e. The minimum absolute atomic E-state index is 0.441. The Balaban J connectivity index is 2.26. The molecule has 114 valence electrons. The largest absolute Gasteiger partial charge is 0.328 e. The summed E-state index contributed by atoms with van der Waals surface area (Å²) in [5.74, 6) is 0.747. The first-order valence-electron chi connectivity index (χ1n) is 7.82. The Morgan fingerprint density at radius 3 is 2.26 bits per heavy atom. The van der Waals surface area contributed by atoms with Gasteiger partial charge in [-0.3, -0.25) is 0 Å². The number of likely N-dealkylation sites (N-methyl/N-ethyl adjacent to an activating group) is 1. The molecule has 1 saturated heterocycles. The summed E-state index contributed by atoms with van der Waals surface area (Å²) in [5, 5.41) is 0. The van der Waals surface area contributed by atoms with Crippen LogP contribution in [0.5, 0.6) is 0 Å². The lowest BCUT2D eigenvalue weighted by molar-refractivity contribution is 0.158. The van der Waals surface area contributed by atoms with Crippen molar-refractivity contribution in [1.82, 2.24) is 14.7 Å². The molecule has 0 bridgehead atoms. The molecule has 0 aliphatic carbocycles. The van der Waals surface area contributed by atoms with Crippen LogP contribution in [0.3, 0.4) is 0 Å². The molecule has 0 aromatic heterocycles. The zero-order valence-corrected chi connectivity index (χ0v) is 13.4. The maximum absolute atomic E-state index is 5.96. The van der Waals surface area contributed by atoms with Crippen molar-refractivity contribution in [1.29, 1.82) is 0 Å². The molecule has 1 heterocycles. The molecule has 2 N–H and O–H groups in total. The van der Waals surface area contributed by atoms with Crippen molar-refractivity contribution < 1.29 is 0 Å². The van der Waals surface area contributed by atoms with Gasteiger partial charge in [0.15, 0.2) is 0 Å². The van der Waals surface area contributed by atoms with Crippen molar-refractivity contribution in [2.24, 2.45) is 11.7 Å². The van der Waals surface area contributed by atoms with E-state index in [4.69, 9.17) is 5.73 Å². The van der Waals surface area contributed by atoms with Crippen LogP contribution in [0, 0.1) is 5.92 Å². The fraction of sp³-hybridized carbons (Fsp3) is 1.00. The zero-order valence-electron chi connectivity index (χ0n) is 13.4. The highest BCUT2D eigenvalue weighted by Gasteiger charge is 2.16. The van der Waals surface area contributed by atoms with Crippen LogP contribution in [0.25, 0.3) is 0 Å². The Morgan fingerprint density at radius 2 is 1.74 bits per heavy atom. The molecule has 0 aromatic carbocycles. The molecule has 0 unspecified atom stereocenters. The second-order valence-electron chi connectivity index (χ2n) is 6.68. The van der Waals surface area contributed by atoms with Gasteiger partial charge < -0.3 is 20.4 Å². The highest BCUT2D eigenvalue weighted by Crippen LogP contribution is 2.08. The number of rotatable bonds is 8. The maximum Gasteiger partial charge on any atom is 0.0110 e. The van der Waals surface area contributed by atoms with E-state index in [-0.39, 0.29) is 0 Å². The summed E-state index contributed by atoms with van der Waals surface area (Å²) in [6, 6.07) is 0.441. The molecule has 4 nitrogen and oxygen atoms in total. The summed E-state index contributed by atoms with van der Waals surface area (Å²) in [7, 11) is 4.30. The van der Waals surface area contributed by atoms with Crippen LogP contribution in [0.4, 0.5) is 0 Å². The van der Waals surface area contributed by atoms with Gasteiger partial charge in [0.2, 0.25) is 0 Å². The third-order valence-electron chi connectivity index (χ3n) is 3.85. The predicted octanol–water partition coefficient (Wildman–Crippen LogP) is 0.929. The highest BCUT2D eigenvalue weighted by atomic mass is 15.2. The molecule has 0 aromatic rings. The van der Waals surface area contributed by atoms with Crippen molar-refractivity contribution in [2.75, 3.05) is 59.9 Å². The van der Waals surface area contributed by atoms with Gasteiger partial charge in [-0.1, -0.05) is 13.8 Å². The van der Waals surface area contributed by atoms with Gasteiger partial charge in [0.25, 0.3) is 0 Å². The van der Waals surface area contributed by atoms with Crippen LogP contribution in [0.15, 0.2) is 0 Å². The fourth-order valence-electron chi connectivity index (χ4n) is 2.61. The van der Waals surface area contributed by atoms with E-state index in [1.165, 1.54) is 52.1 Å². The molecule has 1 aliphatic heterocycles. The first-order chi connectivity index (χ1) is 8.97. The number of nitrogens with two attached hydrogens (primary N) is 1. The van der Waals surface area contributed by atoms with Gasteiger partial charge in [-0.25, -0.2) is 0 Å². The van der Waals surface area contributed by atoms with E-state index in [0.717, 1.165) is 12.5 Å². The van der Waals surface area contributed by atoms with Crippen molar-refractivity contribution in [2.45, 2.75) is 32.7 Å². The van der Waals surface area contributed by atoms with E-state index in [2.05, 4.69) is 42.6 Å². The number of hydrogen-bond donors (Lipinski definition) is 1. The standard InChI is InChI=1S/C15H34N4/c1-14(2)13-19(10-9-17(3)4)12-11-18-7-5-15(16)6-8-18/h14-15H,5-13,16H2,1-4H3.